The fourth-order valence-corrected chi connectivity index (χ4v) is 3.79. The van der Waals surface area contributed by atoms with Crippen LogP contribution < -0.4 is 4.57 Å². The summed E-state index contributed by atoms with van der Waals surface area (Å²) in [7, 11) is 0. The van der Waals surface area contributed by atoms with Crippen molar-refractivity contribution in [2.75, 3.05) is 0 Å². The first-order chi connectivity index (χ1) is 12.4. The molecule has 0 fully saturated rings. The molecule has 0 aliphatic carbocycles. The maximum Gasteiger partial charge on any atom is 0.334 e. The predicted molar refractivity (Wildman–Crippen MR) is 93.4 cm³/mol. The number of aromatic nitrogens is 4. The van der Waals surface area contributed by atoms with E-state index in [-0.39, 0.29) is 0 Å². The van der Waals surface area contributed by atoms with Crippen molar-refractivity contribution in [2.24, 2.45) is 0 Å². The van der Waals surface area contributed by atoms with Gasteiger partial charge in [-0.05, 0) is 18.2 Å². The largest absolute Gasteiger partial charge is 0.413 e. The van der Waals surface area contributed by atoms with Crippen molar-refractivity contribution in [1.29, 1.82) is 0 Å². The lowest BCUT2D eigenvalue weighted by atomic mass is 10.2. The Balaban J connectivity index is 1.79. The van der Waals surface area contributed by atoms with Crippen LogP contribution in [0, 0.1) is 0 Å². The summed E-state index contributed by atoms with van der Waals surface area (Å²) >= 11 is 0. The Labute approximate surface area is 142 Å². The molecule has 0 radical (unpaired) electrons. The molecule has 5 aromatic rings. The minimum atomic E-state index is 0.788. The van der Waals surface area contributed by atoms with Crippen molar-refractivity contribution in [3.8, 4) is 17.1 Å². The van der Waals surface area contributed by atoms with Gasteiger partial charge < -0.3 is 4.42 Å². The molecule has 0 unspecified atom stereocenters. The second-order valence-corrected chi connectivity index (χ2v) is 6.24. The lowest BCUT2D eigenvalue weighted by molar-refractivity contribution is -0.651. The van der Waals surface area contributed by atoms with Gasteiger partial charge in [0.1, 0.15) is 17.7 Å². The van der Waals surface area contributed by atoms with Crippen LogP contribution in [-0.2, 0) is 6.54 Å². The van der Waals surface area contributed by atoms with Gasteiger partial charge in [0.25, 0.3) is 5.89 Å². The van der Waals surface area contributed by atoms with Crippen molar-refractivity contribution in [3.63, 3.8) is 0 Å². The third-order valence-corrected chi connectivity index (χ3v) is 4.88. The Morgan fingerprint density at radius 3 is 2.72 bits per heavy atom. The van der Waals surface area contributed by atoms with Crippen molar-refractivity contribution in [3.05, 3.63) is 72.8 Å². The Kier molecular flexibility index (Phi) is 2.34. The highest BCUT2D eigenvalue weighted by atomic mass is 16.4. The van der Waals surface area contributed by atoms with E-state index in [0.717, 1.165) is 45.8 Å². The van der Waals surface area contributed by atoms with Crippen molar-refractivity contribution < 1.29 is 8.98 Å². The molecule has 0 N–H and O–H groups in total. The zero-order valence-corrected chi connectivity index (χ0v) is 13.3. The fraction of sp³-hybridized carbons (Fsp3) is 0.0500. The molecule has 0 amide bonds. The van der Waals surface area contributed by atoms with Crippen LogP contribution in [-0.4, -0.2) is 14.5 Å². The van der Waals surface area contributed by atoms with Gasteiger partial charge in [-0.25, -0.2) is 0 Å². The molecule has 25 heavy (non-hydrogen) atoms. The lowest BCUT2D eigenvalue weighted by Gasteiger charge is -2.00. The van der Waals surface area contributed by atoms with E-state index in [4.69, 9.17) is 4.42 Å². The van der Waals surface area contributed by atoms with Crippen LogP contribution in [0.5, 0.6) is 0 Å². The molecule has 1 aromatic carbocycles. The molecule has 0 atom stereocenters. The number of hydrogen-bond acceptors (Lipinski definition) is 3. The molecule has 0 bridgehead atoms. The molecular weight excluding hydrogens is 312 g/mol. The fourth-order valence-electron chi connectivity index (χ4n) is 3.79. The van der Waals surface area contributed by atoms with Crippen LogP contribution in [0.3, 0.4) is 0 Å². The molecule has 0 saturated carbocycles. The van der Waals surface area contributed by atoms with Crippen molar-refractivity contribution in [2.45, 2.75) is 6.54 Å². The molecular formula is C20H13N4O+. The van der Waals surface area contributed by atoms with Crippen LogP contribution in [0.15, 0.2) is 71.7 Å². The Bertz CT molecular complexity index is 1270. The van der Waals surface area contributed by atoms with Crippen LogP contribution in [0.25, 0.3) is 39.3 Å². The van der Waals surface area contributed by atoms with Gasteiger partial charge >= 0.3 is 5.65 Å². The molecule has 118 valence electrons. The minimum absolute atomic E-state index is 0.788. The molecule has 1 aliphatic heterocycles. The van der Waals surface area contributed by atoms with Gasteiger partial charge in [-0.2, -0.15) is 9.13 Å². The quantitative estimate of drug-likeness (QED) is 0.435. The zero-order valence-electron chi connectivity index (χ0n) is 13.3. The average Bonchev–Trinajstić information content (AvgIpc) is 3.30. The van der Waals surface area contributed by atoms with Crippen molar-refractivity contribution in [1.82, 2.24) is 14.5 Å². The molecule has 4 aromatic heterocycles. The van der Waals surface area contributed by atoms with E-state index < -0.39 is 0 Å². The summed E-state index contributed by atoms with van der Waals surface area (Å²) in [6, 6.07) is 14.5. The van der Waals surface area contributed by atoms with E-state index in [2.05, 4.69) is 49.4 Å². The Hall–Kier alpha value is -3.47. The van der Waals surface area contributed by atoms with E-state index in [1.165, 1.54) is 5.56 Å². The SMILES string of the molecule is c1ccc(-n2c3ccncc3c3oc4[n+](c32)Cc2ccncc2-4)cc1. The third kappa shape index (κ3) is 1.59. The zero-order chi connectivity index (χ0) is 16.4. The summed E-state index contributed by atoms with van der Waals surface area (Å²) in [6.07, 6.45) is 7.41. The van der Waals surface area contributed by atoms with Crippen LogP contribution >= 0.6 is 0 Å². The van der Waals surface area contributed by atoms with Crippen LogP contribution in [0.1, 0.15) is 5.56 Å². The maximum atomic E-state index is 6.31. The van der Waals surface area contributed by atoms with Gasteiger partial charge in [0.15, 0.2) is 0 Å². The van der Waals surface area contributed by atoms with Gasteiger partial charge in [-0.1, -0.05) is 18.2 Å². The molecule has 5 nitrogen and oxygen atoms in total. The summed E-state index contributed by atoms with van der Waals surface area (Å²) in [5, 5.41) is 1.02. The molecule has 1 aliphatic rings. The summed E-state index contributed by atoms with van der Waals surface area (Å²) in [5.74, 6) is 0.864. The van der Waals surface area contributed by atoms with E-state index in [9.17, 15) is 0 Å². The normalized spacial score (nSPS) is 12.6. The average molecular weight is 325 g/mol. The van der Waals surface area contributed by atoms with Crippen LogP contribution in [0.4, 0.5) is 0 Å². The molecule has 6 rings (SSSR count). The van der Waals surface area contributed by atoms with Gasteiger partial charge in [-0.15, -0.1) is 0 Å². The minimum Gasteiger partial charge on any atom is -0.413 e. The number of pyridine rings is 2. The molecule has 5 heteroatoms. The van der Waals surface area contributed by atoms with Gasteiger partial charge in [0, 0.05) is 36.4 Å². The number of para-hydroxylation sites is 1. The number of rotatable bonds is 1. The second-order valence-electron chi connectivity index (χ2n) is 6.24. The molecule has 0 saturated heterocycles. The number of hydrogen-bond donors (Lipinski definition) is 0. The van der Waals surface area contributed by atoms with E-state index in [0.29, 0.717) is 0 Å². The highest BCUT2D eigenvalue weighted by Gasteiger charge is 2.35. The van der Waals surface area contributed by atoms with Gasteiger partial charge in [0.2, 0.25) is 5.58 Å². The highest BCUT2D eigenvalue weighted by Crippen LogP contribution is 2.36. The smallest absolute Gasteiger partial charge is 0.334 e. The van der Waals surface area contributed by atoms with Crippen molar-refractivity contribution >= 4 is 22.1 Å². The standard InChI is InChI=1S/C20H13N4O/c1-2-4-14(5-3-1)24-17-7-9-22-11-16(17)18-19(24)23-12-13-6-8-21-10-15(13)20(23)25-18/h1-11H,12H2/q+1. The molecule has 5 heterocycles. The molecule has 0 spiro atoms. The lowest BCUT2D eigenvalue weighted by Crippen LogP contribution is -2.32. The number of nitrogens with zero attached hydrogens (tertiary/aromatic N) is 4. The third-order valence-electron chi connectivity index (χ3n) is 4.88. The topological polar surface area (TPSA) is 47.7 Å². The number of oxazole rings is 1. The number of fused-ring (bicyclic) bond motifs is 7. The van der Waals surface area contributed by atoms with Gasteiger partial charge in [-0.3, -0.25) is 9.97 Å². The Morgan fingerprint density at radius 1 is 0.960 bits per heavy atom. The summed E-state index contributed by atoms with van der Waals surface area (Å²) in [5.41, 5.74) is 6.43. The Morgan fingerprint density at radius 2 is 1.80 bits per heavy atom. The monoisotopic (exact) mass is 325 g/mol. The summed E-state index contributed by atoms with van der Waals surface area (Å²) in [4.78, 5) is 8.56. The van der Waals surface area contributed by atoms with E-state index in [1.807, 2.05) is 36.9 Å². The van der Waals surface area contributed by atoms with E-state index in [1.54, 1.807) is 0 Å². The predicted octanol–water partition coefficient (Wildman–Crippen LogP) is 3.48. The second kappa shape index (κ2) is 4.54. The van der Waals surface area contributed by atoms with Crippen LogP contribution in [0.2, 0.25) is 0 Å². The van der Waals surface area contributed by atoms with E-state index >= 15 is 0 Å². The first kappa shape index (κ1) is 12.9. The summed E-state index contributed by atoms with van der Waals surface area (Å²) < 4.78 is 10.8. The highest BCUT2D eigenvalue weighted by molar-refractivity contribution is 6.03. The summed E-state index contributed by atoms with van der Waals surface area (Å²) in [6.45, 7) is 0.788. The first-order valence-electron chi connectivity index (χ1n) is 8.21. The maximum absolute atomic E-state index is 6.31. The first-order valence-corrected chi connectivity index (χ1v) is 8.21. The number of benzene rings is 1. The van der Waals surface area contributed by atoms with Gasteiger partial charge in [0.05, 0.1) is 10.9 Å².